The van der Waals surface area contributed by atoms with E-state index in [2.05, 4.69) is 23.8 Å². The first-order valence-electron chi connectivity index (χ1n) is 4.37. The monoisotopic (exact) mass is 181 g/mol. The Morgan fingerprint density at radius 1 is 1.54 bits per heavy atom. The van der Waals surface area contributed by atoms with Crippen molar-refractivity contribution in [1.29, 1.82) is 0 Å². The summed E-state index contributed by atoms with van der Waals surface area (Å²) in [5.41, 5.74) is 5.39. The summed E-state index contributed by atoms with van der Waals surface area (Å²) in [4.78, 5) is 8.07. The van der Waals surface area contributed by atoms with E-state index in [1.165, 1.54) is 0 Å². The molecule has 0 bridgehead atoms. The average molecular weight is 181 g/mol. The molecule has 0 unspecified atom stereocenters. The van der Waals surface area contributed by atoms with Gasteiger partial charge in [-0.1, -0.05) is 13.8 Å². The number of nitrogens with zero attached hydrogens (tertiary/aromatic N) is 2. The van der Waals surface area contributed by atoms with Gasteiger partial charge in [-0.3, -0.25) is 0 Å². The van der Waals surface area contributed by atoms with Crippen molar-refractivity contribution in [2.75, 3.05) is 6.61 Å². The van der Waals surface area contributed by atoms with Gasteiger partial charge < -0.3 is 10.5 Å². The van der Waals surface area contributed by atoms with Gasteiger partial charge in [-0.2, -0.15) is 4.98 Å². The molecule has 1 aromatic rings. The number of nitrogens with two attached hydrogens (primary N) is 1. The van der Waals surface area contributed by atoms with E-state index >= 15 is 0 Å². The third-order valence-electron chi connectivity index (χ3n) is 1.43. The first-order valence-corrected chi connectivity index (χ1v) is 4.37. The molecule has 4 nitrogen and oxygen atoms in total. The van der Waals surface area contributed by atoms with Gasteiger partial charge in [0.1, 0.15) is 5.82 Å². The van der Waals surface area contributed by atoms with Gasteiger partial charge in [0.15, 0.2) is 0 Å². The van der Waals surface area contributed by atoms with E-state index in [1.54, 1.807) is 12.3 Å². The molecule has 13 heavy (non-hydrogen) atoms. The Hall–Kier alpha value is -1.16. The molecule has 0 aliphatic carbocycles. The molecule has 72 valence electrons. The number of hydrogen-bond acceptors (Lipinski definition) is 4. The fourth-order valence-corrected chi connectivity index (χ4v) is 0.811. The SMILES string of the molecule is CC(C)COc1ccnc(CN)n1. The van der Waals surface area contributed by atoms with Crippen LogP contribution in [-0.4, -0.2) is 16.6 Å². The van der Waals surface area contributed by atoms with Crippen LogP contribution in [0.4, 0.5) is 0 Å². The maximum atomic E-state index is 5.40. The van der Waals surface area contributed by atoms with Crippen LogP contribution in [0.5, 0.6) is 5.88 Å². The quantitative estimate of drug-likeness (QED) is 0.751. The zero-order valence-electron chi connectivity index (χ0n) is 8.03. The first kappa shape index (κ1) is 9.92. The van der Waals surface area contributed by atoms with E-state index in [0.29, 0.717) is 30.8 Å². The van der Waals surface area contributed by atoms with Crippen molar-refractivity contribution in [2.45, 2.75) is 20.4 Å². The van der Waals surface area contributed by atoms with E-state index in [4.69, 9.17) is 10.5 Å². The van der Waals surface area contributed by atoms with Gasteiger partial charge in [0.05, 0.1) is 13.2 Å². The van der Waals surface area contributed by atoms with Gasteiger partial charge in [-0.15, -0.1) is 0 Å². The average Bonchev–Trinajstić information content (AvgIpc) is 2.15. The molecule has 2 N–H and O–H groups in total. The van der Waals surface area contributed by atoms with Gasteiger partial charge >= 0.3 is 0 Å². The summed E-state index contributed by atoms with van der Waals surface area (Å²) in [7, 11) is 0. The molecular formula is C9H15N3O. The van der Waals surface area contributed by atoms with Crippen LogP contribution in [0.25, 0.3) is 0 Å². The third-order valence-corrected chi connectivity index (χ3v) is 1.43. The highest BCUT2D eigenvalue weighted by Crippen LogP contribution is 2.06. The number of hydrogen-bond donors (Lipinski definition) is 1. The van der Waals surface area contributed by atoms with Gasteiger partial charge in [-0.05, 0) is 5.92 Å². The van der Waals surface area contributed by atoms with Crippen LogP contribution < -0.4 is 10.5 Å². The largest absolute Gasteiger partial charge is 0.477 e. The van der Waals surface area contributed by atoms with Crippen LogP contribution in [-0.2, 0) is 6.54 Å². The number of aromatic nitrogens is 2. The highest BCUT2D eigenvalue weighted by Gasteiger charge is 1.99. The minimum Gasteiger partial charge on any atom is -0.477 e. The van der Waals surface area contributed by atoms with Crippen molar-refractivity contribution in [3.8, 4) is 5.88 Å². The molecule has 0 radical (unpaired) electrons. The van der Waals surface area contributed by atoms with Gasteiger partial charge in [0.2, 0.25) is 5.88 Å². The highest BCUT2D eigenvalue weighted by atomic mass is 16.5. The lowest BCUT2D eigenvalue weighted by Crippen LogP contribution is -2.08. The topological polar surface area (TPSA) is 61.0 Å². The maximum Gasteiger partial charge on any atom is 0.216 e. The van der Waals surface area contributed by atoms with Crippen LogP contribution in [0.1, 0.15) is 19.7 Å². The molecule has 0 aliphatic rings. The van der Waals surface area contributed by atoms with Crippen LogP contribution in [0.2, 0.25) is 0 Å². The van der Waals surface area contributed by atoms with Crippen molar-refractivity contribution >= 4 is 0 Å². The lowest BCUT2D eigenvalue weighted by atomic mass is 10.2. The van der Waals surface area contributed by atoms with E-state index < -0.39 is 0 Å². The third kappa shape index (κ3) is 3.38. The van der Waals surface area contributed by atoms with Crippen molar-refractivity contribution in [1.82, 2.24) is 9.97 Å². The second-order valence-corrected chi connectivity index (χ2v) is 3.22. The molecule has 0 fully saturated rings. The molecule has 1 heterocycles. The summed E-state index contributed by atoms with van der Waals surface area (Å²) in [5.74, 6) is 1.71. The molecule has 0 amide bonds. The van der Waals surface area contributed by atoms with Crippen LogP contribution in [0.15, 0.2) is 12.3 Å². The van der Waals surface area contributed by atoms with Gasteiger partial charge in [0, 0.05) is 12.3 Å². The summed E-state index contributed by atoms with van der Waals surface area (Å²) in [6, 6.07) is 1.74. The second-order valence-electron chi connectivity index (χ2n) is 3.22. The molecular weight excluding hydrogens is 166 g/mol. The first-order chi connectivity index (χ1) is 6.22. The molecule has 1 aromatic heterocycles. The van der Waals surface area contributed by atoms with E-state index in [9.17, 15) is 0 Å². The Morgan fingerprint density at radius 3 is 2.92 bits per heavy atom. The smallest absolute Gasteiger partial charge is 0.216 e. The Morgan fingerprint density at radius 2 is 2.31 bits per heavy atom. The molecule has 0 atom stereocenters. The van der Waals surface area contributed by atoms with E-state index in [1.807, 2.05) is 0 Å². The molecule has 1 rings (SSSR count). The summed E-state index contributed by atoms with van der Waals surface area (Å²) < 4.78 is 5.40. The van der Waals surface area contributed by atoms with Crippen molar-refractivity contribution in [3.05, 3.63) is 18.1 Å². The number of rotatable bonds is 4. The fraction of sp³-hybridized carbons (Fsp3) is 0.556. The standard InChI is InChI=1S/C9H15N3O/c1-7(2)6-13-9-3-4-11-8(5-10)12-9/h3-4,7H,5-6,10H2,1-2H3. The Kier molecular flexibility index (Phi) is 3.64. The summed E-state index contributed by atoms with van der Waals surface area (Å²) in [5, 5.41) is 0. The normalized spacial score (nSPS) is 10.5. The minimum atomic E-state index is 0.346. The lowest BCUT2D eigenvalue weighted by Gasteiger charge is -2.07. The minimum absolute atomic E-state index is 0.346. The fourth-order valence-electron chi connectivity index (χ4n) is 0.811. The predicted octanol–water partition coefficient (Wildman–Crippen LogP) is 0.970. The van der Waals surface area contributed by atoms with Gasteiger partial charge in [0.25, 0.3) is 0 Å². The Balaban J connectivity index is 2.56. The van der Waals surface area contributed by atoms with Crippen LogP contribution in [0, 0.1) is 5.92 Å². The van der Waals surface area contributed by atoms with Crippen LogP contribution in [0.3, 0.4) is 0 Å². The molecule has 4 heteroatoms. The van der Waals surface area contributed by atoms with Gasteiger partial charge in [-0.25, -0.2) is 4.98 Å². The molecule has 0 saturated carbocycles. The zero-order valence-corrected chi connectivity index (χ0v) is 8.03. The molecule has 0 aromatic carbocycles. The van der Waals surface area contributed by atoms with Crippen molar-refractivity contribution in [3.63, 3.8) is 0 Å². The summed E-state index contributed by atoms with van der Waals surface area (Å²) >= 11 is 0. The maximum absolute atomic E-state index is 5.40. The molecule has 0 saturated heterocycles. The number of ether oxygens (including phenoxy) is 1. The molecule has 0 spiro atoms. The summed E-state index contributed by atoms with van der Waals surface area (Å²) in [6.07, 6.45) is 1.66. The second kappa shape index (κ2) is 4.77. The predicted molar refractivity (Wildman–Crippen MR) is 50.3 cm³/mol. The Bertz CT molecular complexity index is 263. The molecule has 0 aliphatic heterocycles. The zero-order chi connectivity index (χ0) is 9.68. The van der Waals surface area contributed by atoms with E-state index in [-0.39, 0.29) is 0 Å². The van der Waals surface area contributed by atoms with Crippen molar-refractivity contribution in [2.24, 2.45) is 11.7 Å². The lowest BCUT2D eigenvalue weighted by molar-refractivity contribution is 0.260. The Labute approximate surface area is 78.1 Å². The summed E-state index contributed by atoms with van der Waals surface area (Å²) in [6.45, 7) is 5.19. The highest BCUT2D eigenvalue weighted by molar-refractivity contribution is 5.08. The van der Waals surface area contributed by atoms with Crippen molar-refractivity contribution < 1.29 is 4.74 Å². The van der Waals surface area contributed by atoms with E-state index in [0.717, 1.165) is 0 Å². The van der Waals surface area contributed by atoms with Crippen LogP contribution >= 0.6 is 0 Å².